The zero-order valence-corrected chi connectivity index (χ0v) is 12.8. The highest BCUT2D eigenvalue weighted by molar-refractivity contribution is 7.89. The topological polar surface area (TPSA) is 64.6 Å². The molecule has 7 heteroatoms. The molecule has 0 unspecified atom stereocenters. The molecular weight excluding hydrogens is 302 g/mol. The van der Waals surface area contributed by atoms with Crippen LogP contribution in [0.4, 0.5) is 0 Å². The summed E-state index contributed by atoms with van der Waals surface area (Å²) in [5.41, 5.74) is 0. The van der Waals surface area contributed by atoms with Gasteiger partial charge in [0.05, 0.1) is 17.0 Å². The summed E-state index contributed by atoms with van der Waals surface area (Å²) in [6.45, 7) is 1.82. The fraction of sp³-hybridized carbons (Fsp3) is 0.538. The van der Waals surface area contributed by atoms with Crippen molar-refractivity contribution in [1.29, 1.82) is 0 Å². The SMILES string of the molecule is COc1ccc(S(=O)(=O)NCC2CCOCC2)cc1Cl. The van der Waals surface area contributed by atoms with Gasteiger partial charge < -0.3 is 9.47 Å². The first-order valence-corrected chi connectivity index (χ1v) is 8.30. The zero-order chi connectivity index (χ0) is 14.6. The van der Waals surface area contributed by atoms with Gasteiger partial charge in [0.15, 0.2) is 0 Å². The predicted octanol–water partition coefficient (Wildman–Crippen LogP) is 2.05. The molecular formula is C13H18ClNO4S. The molecule has 0 atom stereocenters. The first-order chi connectivity index (χ1) is 9.53. The molecule has 0 spiro atoms. The van der Waals surface area contributed by atoms with E-state index in [0.717, 1.165) is 12.8 Å². The van der Waals surface area contributed by atoms with Crippen LogP contribution in [0.1, 0.15) is 12.8 Å². The van der Waals surface area contributed by atoms with Gasteiger partial charge in [0.25, 0.3) is 0 Å². The molecule has 0 radical (unpaired) electrons. The lowest BCUT2D eigenvalue weighted by Gasteiger charge is -2.22. The van der Waals surface area contributed by atoms with Gasteiger partial charge in [0.1, 0.15) is 5.75 Å². The van der Waals surface area contributed by atoms with E-state index in [1.165, 1.54) is 19.2 Å². The first-order valence-electron chi connectivity index (χ1n) is 6.44. The standard InChI is InChI=1S/C13H18ClNO4S/c1-18-13-3-2-11(8-12(13)14)20(16,17)15-9-10-4-6-19-7-5-10/h2-3,8,10,15H,4-7,9H2,1H3. The Morgan fingerprint density at radius 2 is 2.10 bits per heavy atom. The van der Waals surface area contributed by atoms with Crippen molar-refractivity contribution in [2.45, 2.75) is 17.7 Å². The summed E-state index contributed by atoms with van der Waals surface area (Å²) < 4.78 is 37.3. The highest BCUT2D eigenvalue weighted by Crippen LogP contribution is 2.27. The summed E-state index contributed by atoms with van der Waals surface area (Å²) in [5.74, 6) is 0.780. The summed E-state index contributed by atoms with van der Waals surface area (Å²) in [6, 6.07) is 4.43. The molecule has 1 saturated heterocycles. The van der Waals surface area contributed by atoms with E-state index >= 15 is 0 Å². The Morgan fingerprint density at radius 3 is 2.70 bits per heavy atom. The number of hydrogen-bond donors (Lipinski definition) is 1. The summed E-state index contributed by atoms with van der Waals surface area (Å²) in [6.07, 6.45) is 1.76. The minimum Gasteiger partial charge on any atom is -0.495 e. The second kappa shape index (κ2) is 6.76. The fourth-order valence-electron chi connectivity index (χ4n) is 2.08. The summed E-state index contributed by atoms with van der Waals surface area (Å²) >= 11 is 5.95. The van der Waals surface area contributed by atoms with Crippen molar-refractivity contribution in [2.24, 2.45) is 5.92 Å². The van der Waals surface area contributed by atoms with Crippen LogP contribution in [-0.4, -0.2) is 35.3 Å². The maximum atomic E-state index is 12.2. The van der Waals surface area contributed by atoms with Crippen LogP contribution < -0.4 is 9.46 Å². The minimum absolute atomic E-state index is 0.148. The van der Waals surface area contributed by atoms with Gasteiger partial charge in [-0.1, -0.05) is 11.6 Å². The predicted molar refractivity (Wildman–Crippen MR) is 76.7 cm³/mol. The van der Waals surface area contributed by atoms with E-state index in [1.54, 1.807) is 6.07 Å². The van der Waals surface area contributed by atoms with Crippen LogP contribution >= 0.6 is 11.6 Å². The molecule has 1 heterocycles. The maximum absolute atomic E-state index is 12.2. The molecule has 1 aromatic carbocycles. The number of nitrogens with one attached hydrogen (secondary N) is 1. The van der Waals surface area contributed by atoms with Gasteiger partial charge in [0.2, 0.25) is 10.0 Å². The Balaban J connectivity index is 2.04. The quantitative estimate of drug-likeness (QED) is 0.902. The Bertz CT molecular complexity index is 555. The second-order valence-electron chi connectivity index (χ2n) is 4.70. The number of hydrogen-bond acceptors (Lipinski definition) is 4. The van der Waals surface area contributed by atoms with Gasteiger partial charge >= 0.3 is 0 Å². The highest BCUT2D eigenvalue weighted by atomic mass is 35.5. The Kier molecular flexibility index (Phi) is 5.26. The molecule has 1 aliphatic heterocycles. The van der Waals surface area contributed by atoms with Crippen LogP contribution in [0.3, 0.4) is 0 Å². The smallest absolute Gasteiger partial charge is 0.240 e. The molecule has 1 fully saturated rings. The van der Waals surface area contributed by atoms with Crippen molar-refractivity contribution in [1.82, 2.24) is 4.72 Å². The van der Waals surface area contributed by atoms with Crippen molar-refractivity contribution in [3.05, 3.63) is 23.2 Å². The van der Waals surface area contributed by atoms with E-state index in [4.69, 9.17) is 21.1 Å². The number of benzene rings is 1. The number of methoxy groups -OCH3 is 1. The normalized spacial score (nSPS) is 17.1. The highest BCUT2D eigenvalue weighted by Gasteiger charge is 2.20. The number of sulfonamides is 1. The number of rotatable bonds is 5. The van der Waals surface area contributed by atoms with Crippen LogP contribution in [-0.2, 0) is 14.8 Å². The molecule has 1 N–H and O–H groups in total. The average molecular weight is 320 g/mol. The van der Waals surface area contributed by atoms with Crippen molar-refractivity contribution in [2.75, 3.05) is 26.9 Å². The van der Waals surface area contributed by atoms with Gasteiger partial charge in [-0.25, -0.2) is 13.1 Å². The average Bonchev–Trinajstić information content (AvgIpc) is 2.46. The third-order valence-corrected chi connectivity index (χ3v) is 5.05. The monoisotopic (exact) mass is 319 g/mol. The van der Waals surface area contributed by atoms with Crippen LogP contribution in [0.5, 0.6) is 5.75 Å². The van der Waals surface area contributed by atoms with Gasteiger partial charge in [-0.2, -0.15) is 0 Å². The van der Waals surface area contributed by atoms with E-state index in [2.05, 4.69) is 4.72 Å². The van der Waals surface area contributed by atoms with Gasteiger partial charge in [-0.05, 0) is 37.0 Å². The largest absolute Gasteiger partial charge is 0.495 e. The van der Waals surface area contributed by atoms with Crippen molar-refractivity contribution in [3.8, 4) is 5.75 Å². The fourth-order valence-corrected chi connectivity index (χ4v) is 3.54. The molecule has 1 aromatic rings. The number of halogens is 1. The molecule has 112 valence electrons. The molecule has 2 rings (SSSR count). The molecule has 5 nitrogen and oxygen atoms in total. The van der Waals surface area contributed by atoms with Crippen molar-refractivity contribution in [3.63, 3.8) is 0 Å². The molecule has 20 heavy (non-hydrogen) atoms. The molecule has 0 saturated carbocycles. The minimum atomic E-state index is -3.54. The molecule has 0 aliphatic carbocycles. The van der Waals surface area contributed by atoms with E-state index in [9.17, 15) is 8.42 Å². The second-order valence-corrected chi connectivity index (χ2v) is 6.88. The van der Waals surface area contributed by atoms with E-state index in [1.807, 2.05) is 0 Å². The van der Waals surface area contributed by atoms with Crippen LogP contribution in [0.25, 0.3) is 0 Å². The van der Waals surface area contributed by atoms with E-state index < -0.39 is 10.0 Å². The summed E-state index contributed by atoms with van der Waals surface area (Å²) in [7, 11) is -2.05. The first kappa shape index (κ1) is 15.6. The van der Waals surface area contributed by atoms with Gasteiger partial charge in [-0.3, -0.25) is 0 Å². The van der Waals surface area contributed by atoms with Crippen molar-refractivity contribution < 1.29 is 17.9 Å². The zero-order valence-electron chi connectivity index (χ0n) is 11.3. The van der Waals surface area contributed by atoms with Crippen LogP contribution in [0, 0.1) is 5.92 Å². The lowest BCUT2D eigenvalue weighted by molar-refractivity contribution is 0.0678. The third kappa shape index (κ3) is 3.85. The van der Waals surface area contributed by atoms with Crippen LogP contribution in [0.2, 0.25) is 5.02 Å². The summed E-state index contributed by atoms with van der Waals surface area (Å²) in [5, 5.41) is 0.279. The molecule has 0 amide bonds. The van der Waals surface area contributed by atoms with Crippen LogP contribution in [0.15, 0.2) is 23.1 Å². The lowest BCUT2D eigenvalue weighted by atomic mass is 10.0. The molecule has 0 bridgehead atoms. The molecule has 1 aliphatic rings. The van der Waals surface area contributed by atoms with Crippen molar-refractivity contribution >= 4 is 21.6 Å². The Morgan fingerprint density at radius 1 is 1.40 bits per heavy atom. The van der Waals surface area contributed by atoms with Gasteiger partial charge in [0, 0.05) is 19.8 Å². The Labute approximate surface area is 124 Å². The maximum Gasteiger partial charge on any atom is 0.240 e. The Hall–Kier alpha value is -0.820. The van der Waals surface area contributed by atoms with Gasteiger partial charge in [-0.15, -0.1) is 0 Å². The summed E-state index contributed by atoms with van der Waals surface area (Å²) in [4.78, 5) is 0.148. The third-order valence-electron chi connectivity index (χ3n) is 3.34. The number of ether oxygens (including phenoxy) is 2. The molecule has 0 aromatic heterocycles. The lowest BCUT2D eigenvalue weighted by Crippen LogP contribution is -2.32. The van der Waals surface area contributed by atoms with E-state index in [-0.39, 0.29) is 9.92 Å². The van der Waals surface area contributed by atoms with E-state index in [0.29, 0.717) is 31.4 Å².